The van der Waals surface area contributed by atoms with Crippen LogP contribution in [0.5, 0.6) is 0 Å². The number of carbonyl (C=O) groups is 2. The normalized spacial score (nSPS) is 18.1. The highest BCUT2D eigenvalue weighted by molar-refractivity contribution is 6.34. The predicted molar refractivity (Wildman–Crippen MR) is 167 cm³/mol. The lowest BCUT2D eigenvalue weighted by Crippen LogP contribution is -2.43. The van der Waals surface area contributed by atoms with Gasteiger partial charge in [0.1, 0.15) is 11.2 Å². The van der Waals surface area contributed by atoms with Gasteiger partial charge in [-0.05, 0) is 55.6 Å². The van der Waals surface area contributed by atoms with Crippen molar-refractivity contribution in [1.82, 2.24) is 20.3 Å². The number of aromatic nitrogens is 3. The summed E-state index contributed by atoms with van der Waals surface area (Å²) >= 11 is 6.35. The summed E-state index contributed by atoms with van der Waals surface area (Å²) in [7, 11) is 0. The summed E-state index contributed by atoms with van der Waals surface area (Å²) in [6, 6.07) is 15.3. The van der Waals surface area contributed by atoms with Crippen LogP contribution in [0.4, 0.5) is 11.6 Å². The smallest absolute Gasteiger partial charge is 0.262 e. The highest BCUT2D eigenvalue weighted by atomic mass is 35.5. The van der Waals surface area contributed by atoms with Crippen LogP contribution in [0.2, 0.25) is 5.02 Å². The molecule has 0 radical (unpaired) electrons. The van der Waals surface area contributed by atoms with Crippen molar-refractivity contribution in [2.75, 3.05) is 29.9 Å². The molecular formula is C30H31Cl2N7O4. The van der Waals surface area contributed by atoms with E-state index in [0.29, 0.717) is 43.0 Å². The number of ether oxygens (including phenoxy) is 1. The van der Waals surface area contributed by atoms with Crippen molar-refractivity contribution in [3.05, 3.63) is 92.9 Å². The first-order valence-corrected chi connectivity index (χ1v) is 14.2. The maximum Gasteiger partial charge on any atom is 0.262 e. The lowest BCUT2D eigenvalue weighted by atomic mass is 10.0. The summed E-state index contributed by atoms with van der Waals surface area (Å²) in [6.45, 7) is 1.79. The largest absolute Gasteiger partial charge is 0.371 e. The molecule has 4 heterocycles. The fourth-order valence-corrected chi connectivity index (χ4v) is 5.62. The van der Waals surface area contributed by atoms with Crippen LogP contribution in [0, 0.1) is 0 Å². The molecule has 0 saturated carbocycles. The molecular weight excluding hydrogens is 593 g/mol. The second-order valence-corrected chi connectivity index (χ2v) is 10.9. The summed E-state index contributed by atoms with van der Waals surface area (Å²) in [4.78, 5) is 53.0. The molecule has 0 spiro atoms. The Bertz CT molecular complexity index is 1690. The van der Waals surface area contributed by atoms with E-state index < -0.39 is 11.5 Å². The quantitative estimate of drug-likeness (QED) is 0.231. The number of aromatic amines is 1. The molecule has 2 aliphatic heterocycles. The number of hydrogen-bond donors (Lipinski definition) is 4. The molecule has 4 aromatic rings. The number of pyridine rings is 1. The first-order chi connectivity index (χ1) is 20.4. The fraction of sp³-hybridized carbons (Fsp3) is 0.300. The third kappa shape index (κ3) is 6.65. The Morgan fingerprint density at radius 2 is 1.84 bits per heavy atom. The van der Waals surface area contributed by atoms with E-state index in [1.807, 2.05) is 30.3 Å². The zero-order chi connectivity index (χ0) is 29.2. The average Bonchev–Trinajstić information content (AvgIpc) is 3.34. The topological polar surface area (TPSA) is 155 Å². The Morgan fingerprint density at radius 3 is 2.56 bits per heavy atom. The van der Waals surface area contributed by atoms with Gasteiger partial charge in [0, 0.05) is 30.2 Å². The number of H-pyrrole nitrogens is 1. The maximum absolute atomic E-state index is 13.2. The standard InChI is InChI=1S/C30H30ClN7O4.ClH/c31-23-9-6-18(27(39)34-24(10-11-32)17-4-2-1-3-5-17)13-25(23)35-28(40)22-12-19-14-33-30(37-26(19)36-29(22)41)38-15-20-7-8-21(16-38)42-20;/h1-6,9,12-14,20-21,24H,7-8,10-11,15-16,32H2,(H,34,39)(H,35,40)(H,33,36,37,41);1H. The van der Waals surface area contributed by atoms with Crippen molar-refractivity contribution in [1.29, 1.82) is 0 Å². The minimum atomic E-state index is -0.684. The number of morpholine rings is 1. The molecule has 224 valence electrons. The SMILES string of the molecule is Cl.NCCC(NC(=O)c1ccc(Cl)c(NC(=O)c2cc3cnc(N4CC5CCC(C4)O5)nc3[nH]c2=O)c1)c1ccccc1. The van der Waals surface area contributed by atoms with Crippen molar-refractivity contribution in [2.45, 2.75) is 37.5 Å². The number of benzene rings is 2. The number of nitrogens with zero attached hydrogens (tertiary/aromatic N) is 3. The number of amides is 2. The van der Waals surface area contributed by atoms with Gasteiger partial charge in [0.15, 0.2) is 0 Å². The van der Waals surface area contributed by atoms with E-state index in [2.05, 4.69) is 30.5 Å². The van der Waals surface area contributed by atoms with Gasteiger partial charge in [0.05, 0.1) is 29.0 Å². The molecule has 3 atom stereocenters. The molecule has 13 heteroatoms. The number of nitrogens with two attached hydrogens (primary N) is 1. The molecule has 2 bridgehead atoms. The van der Waals surface area contributed by atoms with E-state index in [-0.39, 0.29) is 58.4 Å². The highest BCUT2D eigenvalue weighted by Gasteiger charge is 2.34. The van der Waals surface area contributed by atoms with Crippen molar-refractivity contribution < 1.29 is 14.3 Å². The van der Waals surface area contributed by atoms with Crippen LogP contribution >= 0.6 is 24.0 Å². The first-order valence-electron chi connectivity index (χ1n) is 13.8. The molecule has 11 nitrogen and oxygen atoms in total. The van der Waals surface area contributed by atoms with Gasteiger partial charge in [-0.3, -0.25) is 14.4 Å². The Hall–Kier alpha value is -4.03. The first kappa shape index (κ1) is 30.4. The molecule has 2 aromatic heterocycles. The number of carbonyl (C=O) groups excluding carboxylic acids is 2. The van der Waals surface area contributed by atoms with E-state index in [1.165, 1.54) is 18.2 Å². The average molecular weight is 625 g/mol. The van der Waals surface area contributed by atoms with Gasteiger partial charge in [0.2, 0.25) is 5.95 Å². The minimum absolute atomic E-state index is 0. The van der Waals surface area contributed by atoms with Crippen molar-refractivity contribution in [3.63, 3.8) is 0 Å². The van der Waals surface area contributed by atoms with Crippen molar-refractivity contribution in [2.24, 2.45) is 5.73 Å². The number of hydrogen-bond acceptors (Lipinski definition) is 8. The summed E-state index contributed by atoms with van der Waals surface area (Å²) in [6.07, 6.45) is 4.51. The molecule has 5 N–H and O–H groups in total. The van der Waals surface area contributed by atoms with Crippen LogP contribution < -0.4 is 26.8 Å². The fourth-order valence-electron chi connectivity index (χ4n) is 5.45. The van der Waals surface area contributed by atoms with Crippen LogP contribution in [0.3, 0.4) is 0 Å². The van der Waals surface area contributed by atoms with Crippen molar-refractivity contribution >= 4 is 58.5 Å². The van der Waals surface area contributed by atoms with E-state index in [0.717, 1.165) is 18.4 Å². The van der Waals surface area contributed by atoms with Crippen LogP contribution in [0.1, 0.15) is 51.6 Å². The lowest BCUT2D eigenvalue weighted by molar-refractivity contribution is 0.0299. The predicted octanol–water partition coefficient (Wildman–Crippen LogP) is 3.83. The Labute approximate surface area is 258 Å². The summed E-state index contributed by atoms with van der Waals surface area (Å²) < 4.78 is 5.88. The van der Waals surface area contributed by atoms with Gasteiger partial charge < -0.3 is 31.0 Å². The monoisotopic (exact) mass is 623 g/mol. The molecule has 0 aliphatic carbocycles. The van der Waals surface area contributed by atoms with Crippen LogP contribution in [0.25, 0.3) is 11.0 Å². The van der Waals surface area contributed by atoms with Gasteiger partial charge in [-0.15, -0.1) is 12.4 Å². The summed E-state index contributed by atoms with van der Waals surface area (Å²) in [5.41, 5.74) is 6.78. The molecule has 2 fully saturated rings. The van der Waals surface area contributed by atoms with Gasteiger partial charge in [-0.2, -0.15) is 4.98 Å². The molecule has 2 amide bonds. The number of fused-ring (bicyclic) bond motifs is 3. The van der Waals surface area contributed by atoms with Gasteiger partial charge >= 0.3 is 0 Å². The number of rotatable bonds is 8. The molecule has 2 saturated heterocycles. The molecule has 3 unspecified atom stereocenters. The van der Waals surface area contributed by atoms with E-state index in [9.17, 15) is 14.4 Å². The third-order valence-electron chi connectivity index (χ3n) is 7.59. The summed E-state index contributed by atoms with van der Waals surface area (Å²) in [5.74, 6) is -0.524. The Morgan fingerprint density at radius 1 is 1.09 bits per heavy atom. The van der Waals surface area contributed by atoms with Crippen LogP contribution in [-0.4, -0.2) is 58.6 Å². The number of halogens is 2. The Balaban J connectivity index is 0.00000368. The molecule has 43 heavy (non-hydrogen) atoms. The molecule has 6 rings (SSSR count). The van der Waals surface area contributed by atoms with Gasteiger partial charge in [-0.1, -0.05) is 41.9 Å². The van der Waals surface area contributed by atoms with Crippen LogP contribution in [-0.2, 0) is 4.74 Å². The zero-order valence-corrected chi connectivity index (χ0v) is 24.7. The second-order valence-electron chi connectivity index (χ2n) is 10.5. The highest BCUT2D eigenvalue weighted by Crippen LogP contribution is 2.29. The number of nitrogens with one attached hydrogen (secondary N) is 3. The van der Waals surface area contributed by atoms with E-state index in [1.54, 1.807) is 12.3 Å². The number of anilines is 2. The van der Waals surface area contributed by atoms with Gasteiger partial charge in [0.25, 0.3) is 17.4 Å². The molecule has 2 aliphatic rings. The third-order valence-corrected chi connectivity index (χ3v) is 7.92. The van der Waals surface area contributed by atoms with Gasteiger partial charge in [-0.25, -0.2) is 4.98 Å². The lowest BCUT2D eigenvalue weighted by Gasteiger charge is -2.32. The van der Waals surface area contributed by atoms with Crippen molar-refractivity contribution in [3.8, 4) is 0 Å². The van der Waals surface area contributed by atoms with E-state index in [4.69, 9.17) is 22.1 Å². The summed E-state index contributed by atoms with van der Waals surface area (Å²) in [5, 5.41) is 6.38. The molecule has 2 aromatic carbocycles. The Kier molecular flexibility index (Phi) is 9.26. The minimum Gasteiger partial charge on any atom is -0.371 e. The van der Waals surface area contributed by atoms with Crippen LogP contribution in [0.15, 0.2) is 65.6 Å². The maximum atomic E-state index is 13.2. The zero-order valence-electron chi connectivity index (χ0n) is 23.1. The van der Waals surface area contributed by atoms with E-state index >= 15 is 0 Å². The second kappa shape index (κ2) is 13.1.